The molecule has 1 amide bonds. The molecule has 138 valence electrons. The van der Waals surface area contributed by atoms with E-state index >= 15 is 0 Å². The second kappa shape index (κ2) is 8.57. The second-order valence-corrected chi connectivity index (χ2v) is 7.59. The van der Waals surface area contributed by atoms with E-state index in [1.54, 1.807) is 30.3 Å². The highest BCUT2D eigenvalue weighted by molar-refractivity contribution is 6.42. The largest absolute Gasteiger partial charge is 0.326 e. The summed E-state index contributed by atoms with van der Waals surface area (Å²) >= 11 is 17.9. The first-order valence-corrected chi connectivity index (χ1v) is 9.48. The molecule has 7 heteroatoms. The Morgan fingerprint density at radius 3 is 2.46 bits per heavy atom. The average Bonchev–Trinajstić information content (AvgIpc) is 2.62. The minimum atomic E-state index is -0.294. The number of benzene rings is 2. The average molecular weight is 416 g/mol. The van der Waals surface area contributed by atoms with Gasteiger partial charge in [0.2, 0.25) is 5.91 Å². The highest BCUT2D eigenvalue weighted by Crippen LogP contribution is 2.27. The third kappa shape index (κ3) is 4.68. The van der Waals surface area contributed by atoms with Crippen LogP contribution in [-0.4, -0.2) is 23.9 Å². The van der Waals surface area contributed by atoms with Crippen LogP contribution in [0.25, 0.3) is 0 Å². The molecule has 1 aliphatic rings. The van der Waals surface area contributed by atoms with Crippen molar-refractivity contribution in [3.8, 4) is 0 Å². The fraction of sp³-hybridized carbons (Fsp3) is 0.316. The maximum absolute atomic E-state index is 13.9. The molecular formula is C19H18Cl3FN2O. The van der Waals surface area contributed by atoms with Crippen LogP contribution >= 0.6 is 34.8 Å². The van der Waals surface area contributed by atoms with Gasteiger partial charge in [0.25, 0.3) is 0 Å². The molecule has 0 radical (unpaired) electrons. The fourth-order valence-electron chi connectivity index (χ4n) is 3.08. The van der Waals surface area contributed by atoms with Gasteiger partial charge in [0, 0.05) is 28.7 Å². The number of hydrogen-bond donors (Lipinski definition) is 1. The van der Waals surface area contributed by atoms with E-state index in [0.717, 1.165) is 0 Å². The maximum atomic E-state index is 13.9. The van der Waals surface area contributed by atoms with Crippen LogP contribution in [0.1, 0.15) is 18.4 Å². The molecule has 0 spiro atoms. The molecule has 1 heterocycles. The fourth-order valence-corrected chi connectivity index (χ4v) is 3.60. The summed E-state index contributed by atoms with van der Waals surface area (Å²) in [6, 6.07) is 9.72. The van der Waals surface area contributed by atoms with Gasteiger partial charge >= 0.3 is 0 Å². The Hall–Kier alpha value is -1.33. The van der Waals surface area contributed by atoms with Crippen molar-refractivity contribution >= 4 is 46.4 Å². The van der Waals surface area contributed by atoms with Gasteiger partial charge in [0.15, 0.2) is 0 Å². The molecule has 1 N–H and O–H groups in total. The third-order valence-electron chi connectivity index (χ3n) is 4.59. The number of nitrogens with zero attached hydrogens (tertiary/aromatic N) is 1. The van der Waals surface area contributed by atoms with Crippen LogP contribution in [0.3, 0.4) is 0 Å². The molecule has 3 rings (SSSR count). The lowest BCUT2D eigenvalue weighted by atomic mass is 9.95. The number of nitrogens with one attached hydrogen (secondary N) is 1. The summed E-state index contributed by atoms with van der Waals surface area (Å²) in [6.45, 7) is 1.88. The summed E-state index contributed by atoms with van der Waals surface area (Å²) in [5.41, 5.74) is 1.14. The normalized spacial score (nSPS) is 15.8. The summed E-state index contributed by atoms with van der Waals surface area (Å²) in [5.74, 6) is -0.416. The van der Waals surface area contributed by atoms with Crippen LogP contribution in [-0.2, 0) is 11.3 Å². The first-order chi connectivity index (χ1) is 12.4. The molecule has 1 saturated heterocycles. The Bertz CT molecular complexity index is 787. The van der Waals surface area contributed by atoms with E-state index in [-0.39, 0.29) is 17.6 Å². The highest BCUT2D eigenvalue weighted by atomic mass is 35.5. The van der Waals surface area contributed by atoms with E-state index in [0.29, 0.717) is 58.8 Å². The zero-order valence-electron chi connectivity index (χ0n) is 13.9. The lowest BCUT2D eigenvalue weighted by Gasteiger charge is -2.31. The Morgan fingerprint density at radius 2 is 1.81 bits per heavy atom. The predicted octanol–water partition coefficient (Wildman–Crippen LogP) is 5.64. The Balaban J connectivity index is 1.54. The number of anilines is 1. The van der Waals surface area contributed by atoms with E-state index in [9.17, 15) is 9.18 Å². The zero-order chi connectivity index (χ0) is 18.7. The molecular weight excluding hydrogens is 398 g/mol. The molecule has 0 aliphatic carbocycles. The molecule has 1 fully saturated rings. The van der Waals surface area contributed by atoms with Crippen molar-refractivity contribution in [2.45, 2.75) is 19.4 Å². The standard InChI is InChI=1S/C19H18Cl3FN2O/c20-15-2-1-3-18(23)14(15)11-25-8-6-12(7-9-25)19(26)24-13-4-5-16(21)17(22)10-13/h1-5,10,12H,6-9,11H2,(H,24,26). The van der Waals surface area contributed by atoms with Crippen molar-refractivity contribution in [2.75, 3.05) is 18.4 Å². The van der Waals surface area contributed by atoms with Gasteiger partial charge in [0.05, 0.1) is 10.0 Å². The number of carbonyl (C=O) groups excluding carboxylic acids is 1. The smallest absolute Gasteiger partial charge is 0.227 e. The SMILES string of the molecule is O=C(Nc1ccc(Cl)c(Cl)c1)C1CCN(Cc2c(F)cccc2Cl)CC1. The van der Waals surface area contributed by atoms with Gasteiger partial charge in [-0.2, -0.15) is 0 Å². The van der Waals surface area contributed by atoms with Gasteiger partial charge in [-0.15, -0.1) is 0 Å². The minimum absolute atomic E-state index is 0.0352. The third-order valence-corrected chi connectivity index (χ3v) is 5.68. The molecule has 3 nitrogen and oxygen atoms in total. The topological polar surface area (TPSA) is 32.3 Å². The molecule has 1 aliphatic heterocycles. The summed E-state index contributed by atoms with van der Waals surface area (Å²) in [7, 11) is 0. The summed E-state index contributed by atoms with van der Waals surface area (Å²) in [6.07, 6.45) is 1.42. The summed E-state index contributed by atoms with van der Waals surface area (Å²) in [5, 5.41) is 4.17. The van der Waals surface area contributed by atoms with E-state index in [1.807, 2.05) is 0 Å². The molecule has 26 heavy (non-hydrogen) atoms. The van der Waals surface area contributed by atoms with Gasteiger partial charge in [-0.3, -0.25) is 9.69 Å². The highest BCUT2D eigenvalue weighted by Gasteiger charge is 2.26. The first-order valence-electron chi connectivity index (χ1n) is 8.35. The van der Waals surface area contributed by atoms with E-state index in [1.165, 1.54) is 6.07 Å². The van der Waals surface area contributed by atoms with Gasteiger partial charge < -0.3 is 5.32 Å². The lowest BCUT2D eigenvalue weighted by Crippen LogP contribution is -2.38. The van der Waals surface area contributed by atoms with Gasteiger partial charge in [-0.25, -0.2) is 4.39 Å². The molecule has 2 aromatic rings. The van der Waals surface area contributed by atoms with Crippen molar-refractivity contribution < 1.29 is 9.18 Å². The van der Waals surface area contributed by atoms with Crippen LogP contribution in [0, 0.1) is 11.7 Å². The number of piperidine rings is 1. The van der Waals surface area contributed by atoms with E-state index in [2.05, 4.69) is 10.2 Å². The van der Waals surface area contributed by atoms with E-state index < -0.39 is 0 Å². The number of likely N-dealkylation sites (tertiary alicyclic amines) is 1. The predicted molar refractivity (Wildman–Crippen MR) is 105 cm³/mol. The number of hydrogen-bond acceptors (Lipinski definition) is 2. The Labute approximate surface area is 167 Å². The van der Waals surface area contributed by atoms with Crippen molar-refractivity contribution in [3.63, 3.8) is 0 Å². The van der Waals surface area contributed by atoms with Gasteiger partial charge in [0.1, 0.15) is 5.82 Å². The Kier molecular flexibility index (Phi) is 6.41. The molecule has 0 saturated carbocycles. The number of carbonyl (C=O) groups is 1. The van der Waals surface area contributed by atoms with Crippen LogP contribution < -0.4 is 5.32 Å². The van der Waals surface area contributed by atoms with Crippen molar-refractivity contribution in [1.82, 2.24) is 4.90 Å². The first kappa shape index (κ1) is 19.4. The second-order valence-electron chi connectivity index (χ2n) is 6.37. The summed E-state index contributed by atoms with van der Waals surface area (Å²) in [4.78, 5) is 14.6. The van der Waals surface area contributed by atoms with Crippen LogP contribution in [0.15, 0.2) is 36.4 Å². The van der Waals surface area contributed by atoms with Gasteiger partial charge in [-0.05, 0) is 56.3 Å². The molecule has 2 aromatic carbocycles. The molecule has 0 atom stereocenters. The number of amides is 1. The van der Waals surface area contributed by atoms with Crippen molar-refractivity contribution in [3.05, 3.63) is 62.8 Å². The zero-order valence-corrected chi connectivity index (χ0v) is 16.2. The van der Waals surface area contributed by atoms with E-state index in [4.69, 9.17) is 34.8 Å². The van der Waals surface area contributed by atoms with Crippen molar-refractivity contribution in [1.29, 1.82) is 0 Å². The Morgan fingerprint density at radius 1 is 1.08 bits per heavy atom. The van der Waals surface area contributed by atoms with Crippen LogP contribution in [0.2, 0.25) is 15.1 Å². The monoisotopic (exact) mass is 414 g/mol. The molecule has 0 bridgehead atoms. The number of rotatable bonds is 4. The van der Waals surface area contributed by atoms with Gasteiger partial charge in [-0.1, -0.05) is 40.9 Å². The van der Waals surface area contributed by atoms with Crippen LogP contribution in [0.4, 0.5) is 10.1 Å². The maximum Gasteiger partial charge on any atom is 0.227 e. The number of halogens is 4. The van der Waals surface area contributed by atoms with Crippen LogP contribution in [0.5, 0.6) is 0 Å². The lowest BCUT2D eigenvalue weighted by molar-refractivity contribution is -0.121. The quantitative estimate of drug-likeness (QED) is 0.701. The molecule has 0 aromatic heterocycles. The van der Waals surface area contributed by atoms with Crippen molar-refractivity contribution in [2.24, 2.45) is 5.92 Å². The summed E-state index contributed by atoms with van der Waals surface area (Å²) < 4.78 is 13.9. The molecule has 0 unspecified atom stereocenters. The minimum Gasteiger partial charge on any atom is -0.326 e.